The van der Waals surface area contributed by atoms with Crippen LogP contribution in [0.25, 0.3) is 0 Å². The van der Waals surface area contributed by atoms with Crippen molar-refractivity contribution >= 4 is 17.7 Å². The van der Waals surface area contributed by atoms with Crippen molar-refractivity contribution in [1.29, 1.82) is 0 Å². The van der Waals surface area contributed by atoms with Crippen molar-refractivity contribution in [3.8, 4) is 0 Å². The predicted octanol–water partition coefficient (Wildman–Crippen LogP) is -1.81. The quantitative estimate of drug-likeness (QED) is 0.276. The van der Waals surface area contributed by atoms with Crippen LogP contribution in [-0.2, 0) is 24.1 Å². The van der Waals surface area contributed by atoms with Gasteiger partial charge in [0, 0.05) is 20.8 Å². The number of hydroxylamine groups is 2. The Bertz CT molecular complexity index is 208. The molecule has 0 aliphatic heterocycles. The van der Waals surface area contributed by atoms with E-state index in [9.17, 15) is 14.4 Å². The van der Waals surface area contributed by atoms with E-state index >= 15 is 0 Å². The van der Waals surface area contributed by atoms with Crippen molar-refractivity contribution in [1.82, 2.24) is 11.0 Å². The Hall–Kier alpha value is -1.75. The fourth-order valence-electron chi connectivity index (χ4n) is 0.144. The number of carbonyl (C=O) groups excluding carboxylic acids is 3. The van der Waals surface area contributed by atoms with E-state index in [0.29, 0.717) is 0 Å². The molecule has 10 heteroatoms. The number of hydrogen-bond donors (Lipinski definition) is 5. The van der Waals surface area contributed by atoms with Crippen LogP contribution in [0.1, 0.15) is 20.8 Å². The van der Waals surface area contributed by atoms with Gasteiger partial charge in [0.1, 0.15) is 0 Å². The van der Waals surface area contributed by atoms with Gasteiger partial charge < -0.3 is 10.6 Å². The lowest BCUT2D eigenvalue weighted by Gasteiger charge is -1.90. The molecule has 0 atom stereocenters. The molecular formula is C8H22N4O6. The number of nitrogens with two attached hydrogens (primary N) is 2. The number of nitrogens with one attached hydrogen (secondary N) is 2. The maximum absolute atomic E-state index is 9.81. The van der Waals surface area contributed by atoms with Gasteiger partial charge in [-0.2, -0.15) is 0 Å². The van der Waals surface area contributed by atoms with Gasteiger partial charge in [-0.1, -0.05) is 0 Å². The van der Waals surface area contributed by atoms with Crippen LogP contribution in [0.4, 0.5) is 0 Å². The summed E-state index contributed by atoms with van der Waals surface area (Å²) in [5, 5.41) is 7.54. The Kier molecular flexibility index (Phi) is 34.2. The number of hydrogen-bond acceptors (Lipinski definition) is 7. The molecule has 10 nitrogen and oxygen atoms in total. The summed E-state index contributed by atoms with van der Waals surface area (Å²) in [6, 6.07) is 0. The van der Waals surface area contributed by atoms with E-state index in [4.69, 9.17) is 5.21 Å². The zero-order valence-corrected chi connectivity index (χ0v) is 11.1. The maximum Gasteiger partial charge on any atom is 0.240 e. The third-order valence-electron chi connectivity index (χ3n) is 0.403. The molecule has 0 heterocycles. The van der Waals surface area contributed by atoms with Crippen LogP contribution in [0.5, 0.6) is 0 Å². The molecule has 110 valence electrons. The Morgan fingerprint density at radius 2 is 1.28 bits per heavy atom. The van der Waals surface area contributed by atoms with Gasteiger partial charge in [-0.15, -0.1) is 0 Å². The maximum atomic E-state index is 9.81. The monoisotopic (exact) mass is 270 g/mol. The minimum Gasteiger partial charge on any atom is -0.370 e. The van der Waals surface area contributed by atoms with Crippen LogP contribution >= 0.6 is 0 Å². The molecule has 0 radical (unpaired) electrons. The fourth-order valence-corrected chi connectivity index (χ4v) is 0.144. The third kappa shape index (κ3) is 237. The van der Waals surface area contributed by atoms with Gasteiger partial charge in [0.05, 0.1) is 14.2 Å². The Balaban J connectivity index is -0.0000000750. The second kappa shape index (κ2) is 24.5. The summed E-state index contributed by atoms with van der Waals surface area (Å²) < 4.78 is 0. The molecule has 18 heavy (non-hydrogen) atoms. The van der Waals surface area contributed by atoms with Crippen LogP contribution in [0.15, 0.2) is 0 Å². The Morgan fingerprint density at radius 3 is 1.28 bits per heavy atom. The highest BCUT2D eigenvalue weighted by atomic mass is 16.6. The van der Waals surface area contributed by atoms with Gasteiger partial charge in [-0.3, -0.25) is 24.4 Å². The van der Waals surface area contributed by atoms with Crippen LogP contribution in [0, 0.1) is 0 Å². The van der Waals surface area contributed by atoms with Gasteiger partial charge in [0.25, 0.3) is 0 Å². The first-order chi connectivity index (χ1) is 8.19. The summed E-state index contributed by atoms with van der Waals surface area (Å²) in [6.07, 6.45) is 0. The molecular weight excluding hydrogens is 248 g/mol. The minimum absolute atomic E-state index is 0.183. The lowest BCUT2D eigenvalue weighted by molar-refractivity contribution is -0.129. The highest BCUT2D eigenvalue weighted by Gasteiger charge is 1.79. The lowest BCUT2D eigenvalue weighted by atomic mass is 10.8. The zero-order valence-electron chi connectivity index (χ0n) is 11.1. The van der Waals surface area contributed by atoms with Crippen LogP contribution in [0.2, 0.25) is 0 Å². The van der Waals surface area contributed by atoms with Gasteiger partial charge >= 0.3 is 0 Å². The molecule has 0 aliphatic carbocycles. The molecule has 3 amide bonds. The van der Waals surface area contributed by atoms with Crippen molar-refractivity contribution in [2.75, 3.05) is 14.2 Å². The first-order valence-electron chi connectivity index (χ1n) is 4.38. The molecule has 0 spiro atoms. The topological polar surface area (TPSA) is 166 Å². The predicted molar refractivity (Wildman–Crippen MR) is 62.5 cm³/mol. The summed E-state index contributed by atoms with van der Waals surface area (Å²) in [6.45, 7) is 3.91. The molecule has 0 aliphatic rings. The van der Waals surface area contributed by atoms with E-state index in [1.54, 1.807) is 0 Å². The summed E-state index contributed by atoms with van der Waals surface area (Å²) in [7, 11) is 2.79. The standard InChI is InChI=1S/C3H7NO2.C2H5NO2.C2H5NO.CH5NO/c1-3(5)4-6-2;1-2(4)3-5;1-2(3)4;1-3-2/h1-2H3,(H,4,5);5H,1H3,(H,3,4);1H3,(H2,3,4);2H2,1H3. The fraction of sp³-hybridized carbons (Fsp3) is 0.625. The third-order valence-corrected chi connectivity index (χ3v) is 0.403. The van der Waals surface area contributed by atoms with Gasteiger partial charge in [-0.05, 0) is 0 Å². The first kappa shape index (κ1) is 25.2. The van der Waals surface area contributed by atoms with Crippen molar-refractivity contribution in [2.45, 2.75) is 20.8 Å². The number of amides is 3. The molecule has 0 unspecified atom stereocenters. The molecule has 0 aromatic carbocycles. The molecule has 0 aromatic heterocycles. The second-order valence-corrected chi connectivity index (χ2v) is 2.38. The van der Waals surface area contributed by atoms with Crippen molar-refractivity contribution in [3.63, 3.8) is 0 Å². The van der Waals surface area contributed by atoms with Crippen molar-refractivity contribution in [2.24, 2.45) is 11.6 Å². The van der Waals surface area contributed by atoms with E-state index in [0.717, 1.165) is 0 Å². The average molecular weight is 270 g/mol. The molecule has 0 saturated carbocycles. The SMILES string of the molecule is CC(=O)NO.CC(N)=O.CON.CONC(C)=O. The number of primary amides is 1. The summed E-state index contributed by atoms with van der Waals surface area (Å²) in [5.74, 6) is 3.39. The van der Waals surface area contributed by atoms with Crippen LogP contribution in [-0.4, -0.2) is 37.1 Å². The van der Waals surface area contributed by atoms with E-state index in [-0.39, 0.29) is 11.8 Å². The summed E-state index contributed by atoms with van der Waals surface area (Å²) in [5.41, 5.74) is 7.93. The van der Waals surface area contributed by atoms with Crippen LogP contribution in [0.3, 0.4) is 0 Å². The first-order valence-corrected chi connectivity index (χ1v) is 4.38. The van der Waals surface area contributed by atoms with Crippen molar-refractivity contribution < 1.29 is 29.3 Å². The molecule has 0 saturated heterocycles. The number of rotatable bonds is 1. The smallest absolute Gasteiger partial charge is 0.240 e. The van der Waals surface area contributed by atoms with E-state index < -0.39 is 5.91 Å². The van der Waals surface area contributed by atoms with Gasteiger partial charge in [0.15, 0.2) is 0 Å². The Morgan fingerprint density at radius 1 is 1.06 bits per heavy atom. The molecule has 0 rings (SSSR count). The summed E-state index contributed by atoms with van der Waals surface area (Å²) >= 11 is 0. The zero-order chi connectivity index (χ0) is 15.6. The average Bonchev–Trinajstić information content (AvgIpc) is 2.18. The highest BCUT2D eigenvalue weighted by molar-refractivity contribution is 5.71. The Labute approximate surface area is 105 Å². The summed E-state index contributed by atoms with van der Waals surface area (Å²) in [4.78, 5) is 36.4. The lowest BCUT2D eigenvalue weighted by Crippen LogP contribution is -2.17. The largest absolute Gasteiger partial charge is 0.370 e. The normalized spacial score (nSPS) is 6.83. The van der Waals surface area contributed by atoms with Crippen molar-refractivity contribution in [3.05, 3.63) is 0 Å². The second-order valence-electron chi connectivity index (χ2n) is 2.38. The molecule has 0 bridgehead atoms. The minimum atomic E-state index is -0.440. The molecule has 7 N–H and O–H groups in total. The molecule has 0 aromatic rings. The van der Waals surface area contributed by atoms with Gasteiger partial charge in [-0.25, -0.2) is 16.9 Å². The van der Waals surface area contributed by atoms with E-state index in [1.807, 2.05) is 0 Å². The van der Waals surface area contributed by atoms with Gasteiger partial charge in [0.2, 0.25) is 17.7 Å². The van der Waals surface area contributed by atoms with Crippen LogP contribution < -0.4 is 22.6 Å². The van der Waals surface area contributed by atoms with E-state index in [1.165, 1.54) is 40.5 Å². The number of carbonyl (C=O) groups is 3. The molecule has 0 fully saturated rings. The van der Waals surface area contributed by atoms with E-state index in [2.05, 4.69) is 26.8 Å². The highest BCUT2D eigenvalue weighted by Crippen LogP contribution is 1.53.